The van der Waals surface area contributed by atoms with E-state index in [0.717, 1.165) is 12.8 Å². The number of hydrogen-bond acceptors (Lipinski definition) is 7. The Kier molecular flexibility index (Phi) is 5.27. The highest BCUT2D eigenvalue weighted by atomic mass is 16.5. The molecule has 7 nitrogen and oxygen atoms in total. The molecule has 0 atom stereocenters. The summed E-state index contributed by atoms with van der Waals surface area (Å²) < 4.78 is 5.57. The molecule has 1 aliphatic rings. The molecule has 3 aromatic rings. The molecule has 30 heavy (non-hydrogen) atoms. The maximum absolute atomic E-state index is 10.3. The first-order valence-corrected chi connectivity index (χ1v) is 9.95. The van der Waals surface area contributed by atoms with Gasteiger partial charge in [0.25, 0.3) is 0 Å². The van der Waals surface area contributed by atoms with Gasteiger partial charge in [-0.25, -0.2) is 9.97 Å². The van der Waals surface area contributed by atoms with Gasteiger partial charge in [-0.3, -0.25) is 5.41 Å². The lowest BCUT2D eigenvalue weighted by molar-refractivity contribution is 0.232. The topological polar surface area (TPSA) is 117 Å². The van der Waals surface area contributed by atoms with Crippen molar-refractivity contribution < 1.29 is 9.84 Å². The fraction of sp³-hybridized carbons (Fsp3) is 0.261. The maximum atomic E-state index is 10.3. The second-order valence-corrected chi connectivity index (χ2v) is 7.72. The normalized spacial score (nSPS) is 13.3. The standard InChI is InChI=1S/C23H25N5O2/c1-13(2)30-19-8-7-16(11-18(19)29)21(24)20-22(25)26-12-27-23(20)28-17-9-14-5-3-4-6-15(14)10-17/h3-8,11-13,17,24,29H,9-10H2,1-2H3,(H3,25,26,27,28). The Morgan fingerprint density at radius 2 is 1.87 bits per heavy atom. The molecule has 0 aliphatic heterocycles. The van der Waals surface area contributed by atoms with Gasteiger partial charge in [-0.15, -0.1) is 0 Å². The molecule has 1 heterocycles. The Balaban J connectivity index is 1.60. The van der Waals surface area contributed by atoms with E-state index in [1.807, 2.05) is 26.0 Å². The Hall–Kier alpha value is -3.61. The minimum Gasteiger partial charge on any atom is -0.504 e. The third-order valence-electron chi connectivity index (χ3n) is 5.13. The van der Waals surface area contributed by atoms with E-state index >= 15 is 0 Å². The highest BCUT2D eigenvalue weighted by molar-refractivity contribution is 6.16. The summed E-state index contributed by atoms with van der Waals surface area (Å²) in [5.41, 5.74) is 9.83. The van der Waals surface area contributed by atoms with Crippen molar-refractivity contribution >= 4 is 17.3 Å². The van der Waals surface area contributed by atoms with Gasteiger partial charge in [-0.2, -0.15) is 0 Å². The monoisotopic (exact) mass is 403 g/mol. The van der Waals surface area contributed by atoms with E-state index in [2.05, 4.69) is 27.4 Å². The number of nitrogens with one attached hydrogen (secondary N) is 2. The lowest BCUT2D eigenvalue weighted by atomic mass is 10.0. The third kappa shape index (κ3) is 3.91. The van der Waals surface area contributed by atoms with Crippen LogP contribution in [0, 0.1) is 5.41 Å². The minimum atomic E-state index is -0.0642. The number of benzene rings is 2. The van der Waals surface area contributed by atoms with Crippen molar-refractivity contribution in [2.45, 2.75) is 38.8 Å². The summed E-state index contributed by atoms with van der Waals surface area (Å²) >= 11 is 0. The number of nitrogen functional groups attached to an aromatic ring is 1. The van der Waals surface area contributed by atoms with Crippen LogP contribution in [0.2, 0.25) is 0 Å². The van der Waals surface area contributed by atoms with E-state index in [4.69, 9.17) is 15.9 Å². The van der Waals surface area contributed by atoms with Gasteiger partial charge in [0.05, 0.1) is 17.4 Å². The molecule has 0 saturated heterocycles. The van der Waals surface area contributed by atoms with Gasteiger partial charge < -0.3 is 20.9 Å². The Morgan fingerprint density at radius 3 is 2.50 bits per heavy atom. The molecule has 0 spiro atoms. The van der Waals surface area contributed by atoms with Crippen molar-refractivity contribution in [1.82, 2.24) is 9.97 Å². The number of phenolic OH excluding ortho intramolecular Hbond substituents is 1. The zero-order valence-electron chi connectivity index (χ0n) is 17.0. The number of anilines is 2. The quantitative estimate of drug-likeness (QED) is 0.468. The molecule has 0 saturated carbocycles. The average molecular weight is 403 g/mol. The molecule has 0 radical (unpaired) electrons. The zero-order chi connectivity index (χ0) is 21.3. The molecule has 0 bridgehead atoms. The summed E-state index contributed by atoms with van der Waals surface area (Å²) in [6.07, 6.45) is 3.10. The van der Waals surface area contributed by atoms with Gasteiger partial charge in [0.2, 0.25) is 0 Å². The molecule has 1 aromatic heterocycles. The predicted molar refractivity (Wildman–Crippen MR) is 118 cm³/mol. The number of phenols is 1. The predicted octanol–water partition coefficient (Wildman–Crippen LogP) is 3.55. The number of nitrogens with zero attached hydrogens (tertiary/aromatic N) is 2. The zero-order valence-corrected chi connectivity index (χ0v) is 17.0. The van der Waals surface area contributed by atoms with Gasteiger partial charge in [0, 0.05) is 11.6 Å². The number of rotatable bonds is 6. The van der Waals surface area contributed by atoms with Crippen LogP contribution in [0.25, 0.3) is 0 Å². The Bertz CT molecular complexity index is 1070. The van der Waals surface area contributed by atoms with E-state index in [1.54, 1.807) is 12.1 Å². The molecular formula is C23H25N5O2. The SMILES string of the molecule is CC(C)Oc1ccc(C(=N)c2c(N)ncnc2NC2Cc3ccccc3C2)cc1O. The van der Waals surface area contributed by atoms with Crippen molar-refractivity contribution in [2.75, 3.05) is 11.1 Å². The lowest BCUT2D eigenvalue weighted by Crippen LogP contribution is -2.23. The van der Waals surface area contributed by atoms with Crippen molar-refractivity contribution in [3.63, 3.8) is 0 Å². The summed E-state index contributed by atoms with van der Waals surface area (Å²) in [6.45, 7) is 3.77. The Labute approximate surface area is 175 Å². The van der Waals surface area contributed by atoms with Gasteiger partial charge in [0.1, 0.15) is 18.0 Å². The van der Waals surface area contributed by atoms with E-state index in [9.17, 15) is 5.11 Å². The summed E-state index contributed by atoms with van der Waals surface area (Å²) in [4.78, 5) is 8.44. The molecule has 2 aromatic carbocycles. The maximum Gasteiger partial charge on any atom is 0.161 e. The Morgan fingerprint density at radius 1 is 1.17 bits per heavy atom. The molecular weight excluding hydrogens is 378 g/mol. The van der Waals surface area contributed by atoms with Crippen molar-refractivity contribution in [3.8, 4) is 11.5 Å². The van der Waals surface area contributed by atoms with Gasteiger partial charge in [-0.1, -0.05) is 24.3 Å². The van der Waals surface area contributed by atoms with Crippen molar-refractivity contribution in [3.05, 3.63) is 71.0 Å². The molecule has 1 aliphatic carbocycles. The van der Waals surface area contributed by atoms with Crippen molar-refractivity contribution in [1.29, 1.82) is 5.41 Å². The van der Waals surface area contributed by atoms with E-state index in [1.165, 1.54) is 23.5 Å². The fourth-order valence-electron chi connectivity index (χ4n) is 3.78. The second kappa shape index (κ2) is 8.02. The largest absolute Gasteiger partial charge is 0.504 e. The van der Waals surface area contributed by atoms with Crippen LogP contribution in [0.15, 0.2) is 48.8 Å². The average Bonchev–Trinajstić information content (AvgIpc) is 3.11. The number of aromatic nitrogens is 2. The lowest BCUT2D eigenvalue weighted by Gasteiger charge is -2.18. The first kappa shape index (κ1) is 19.7. The molecule has 4 rings (SSSR count). The second-order valence-electron chi connectivity index (χ2n) is 7.72. The van der Waals surface area contributed by atoms with E-state index < -0.39 is 0 Å². The highest BCUT2D eigenvalue weighted by Gasteiger charge is 2.24. The molecule has 5 N–H and O–H groups in total. The summed E-state index contributed by atoms with van der Waals surface area (Å²) in [6, 6.07) is 13.4. The smallest absolute Gasteiger partial charge is 0.161 e. The molecule has 0 amide bonds. The van der Waals surface area contributed by atoms with Gasteiger partial charge in [0.15, 0.2) is 11.5 Å². The molecule has 7 heteroatoms. The van der Waals surface area contributed by atoms with Gasteiger partial charge in [-0.05, 0) is 56.0 Å². The molecule has 154 valence electrons. The first-order chi connectivity index (χ1) is 14.4. The van der Waals surface area contributed by atoms with Crippen LogP contribution >= 0.6 is 0 Å². The van der Waals surface area contributed by atoms with Crippen LogP contribution in [0.3, 0.4) is 0 Å². The van der Waals surface area contributed by atoms with E-state index in [-0.39, 0.29) is 29.4 Å². The number of aromatic hydroxyl groups is 1. The summed E-state index contributed by atoms with van der Waals surface area (Å²) in [7, 11) is 0. The van der Waals surface area contributed by atoms with Crippen LogP contribution in [0.1, 0.15) is 36.1 Å². The van der Waals surface area contributed by atoms with Crippen LogP contribution < -0.4 is 15.8 Å². The highest BCUT2D eigenvalue weighted by Crippen LogP contribution is 2.31. The van der Waals surface area contributed by atoms with Crippen LogP contribution in [0.5, 0.6) is 11.5 Å². The third-order valence-corrected chi connectivity index (χ3v) is 5.13. The number of ether oxygens (including phenoxy) is 1. The molecule has 0 fully saturated rings. The van der Waals surface area contributed by atoms with Crippen LogP contribution in [0.4, 0.5) is 11.6 Å². The van der Waals surface area contributed by atoms with Crippen molar-refractivity contribution in [2.24, 2.45) is 0 Å². The minimum absolute atomic E-state index is 0.0258. The number of hydrogen-bond donors (Lipinski definition) is 4. The number of nitrogens with two attached hydrogens (primary N) is 1. The summed E-state index contributed by atoms with van der Waals surface area (Å²) in [5.74, 6) is 1.09. The molecule has 0 unspecified atom stereocenters. The van der Waals surface area contributed by atoms with E-state index in [0.29, 0.717) is 22.7 Å². The summed E-state index contributed by atoms with van der Waals surface area (Å²) in [5, 5.41) is 22.5. The van der Waals surface area contributed by atoms with Gasteiger partial charge >= 0.3 is 0 Å². The first-order valence-electron chi connectivity index (χ1n) is 9.95. The fourth-order valence-corrected chi connectivity index (χ4v) is 3.78. The number of fused-ring (bicyclic) bond motifs is 1. The van der Waals surface area contributed by atoms with Crippen LogP contribution in [-0.4, -0.2) is 32.9 Å². The van der Waals surface area contributed by atoms with Crippen LogP contribution in [-0.2, 0) is 12.8 Å².